The molecule has 128 valence electrons. The number of aromatic hydroxyl groups is 1. The van der Waals surface area contributed by atoms with Gasteiger partial charge in [0.2, 0.25) is 5.95 Å². The highest BCUT2D eigenvalue weighted by Gasteiger charge is 2.12. The van der Waals surface area contributed by atoms with Crippen molar-refractivity contribution in [3.63, 3.8) is 0 Å². The van der Waals surface area contributed by atoms with Crippen LogP contribution in [0.3, 0.4) is 0 Å². The second-order valence-electron chi connectivity index (χ2n) is 5.01. The third kappa shape index (κ3) is 4.10. The molecule has 3 rings (SSSR count). The number of methoxy groups -OCH3 is 1. The first-order chi connectivity index (χ1) is 12.0. The fourth-order valence-corrected chi connectivity index (χ4v) is 3.53. The number of anilines is 1. The van der Waals surface area contributed by atoms with Crippen molar-refractivity contribution in [3.05, 3.63) is 52.5 Å². The first-order valence-corrected chi connectivity index (χ1v) is 8.68. The van der Waals surface area contributed by atoms with Gasteiger partial charge in [-0.3, -0.25) is 0 Å². The summed E-state index contributed by atoms with van der Waals surface area (Å²) in [5, 5.41) is 11.6. The van der Waals surface area contributed by atoms with Crippen molar-refractivity contribution in [1.29, 1.82) is 0 Å². The molecule has 1 aromatic heterocycles. The largest absolute Gasteiger partial charge is 0.507 e. The van der Waals surface area contributed by atoms with E-state index >= 15 is 0 Å². The first kappa shape index (κ1) is 17.7. The van der Waals surface area contributed by atoms with E-state index in [0.29, 0.717) is 37.0 Å². The monoisotopic (exact) mass is 393 g/mol. The predicted molar refractivity (Wildman–Crippen MR) is 101 cm³/mol. The van der Waals surface area contributed by atoms with Crippen LogP contribution in [0.5, 0.6) is 11.5 Å². The molecule has 3 aromatic rings. The third-order valence-corrected chi connectivity index (χ3v) is 4.82. The van der Waals surface area contributed by atoms with E-state index in [9.17, 15) is 5.11 Å². The minimum atomic E-state index is 0.105. The summed E-state index contributed by atoms with van der Waals surface area (Å²) in [6, 6.07) is 11.8. The summed E-state index contributed by atoms with van der Waals surface area (Å²) in [7, 11) is 1.56. The molecule has 2 aromatic carbocycles. The predicted octanol–water partition coefficient (Wildman–Crippen LogP) is 4.90. The van der Waals surface area contributed by atoms with Crippen molar-refractivity contribution in [2.75, 3.05) is 12.8 Å². The van der Waals surface area contributed by atoms with Crippen molar-refractivity contribution in [3.8, 4) is 22.8 Å². The van der Waals surface area contributed by atoms with Crippen LogP contribution in [-0.2, 0) is 0 Å². The number of ether oxygens (including phenoxy) is 1. The average molecular weight is 394 g/mol. The van der Waals surface area contributed by atoms with Gasteiger partial charge in [-0.05, 0) is 42.5 Å². The fraction of sp³-hybridized carbons (Fsp3) is 0.0588. The Labute approximate surface area is 158 Å². The maximum atomic E-state index is 10.0. The maximum Gasteiger partial charge on any atom is 0.221 e. The smallest absolute Gasteiger partial charge is 0.221 e. The van der Waals surface area contributed by atoms with Gasteiger partial charge in [0.05, 0.1) is 22.7 Å². The molecule has 0 bridgehead atoms. The molecule has 5 nitrogen and oxygen atoms in total. The van der Waals surface area contributed by atoms with Crippen LogP contribution in [0.25, 0.3) is 11.3 Å². The molecule has 8 heteroatoms. The summed E-state index contributed by atoms with van der Waals surface area (Å²) in [5.41, 5.74) is 7.09. The highest BCUT2D eigenvalue weighted by molar-refractivity contribution is 7.99. The molecule has 0 aliphatic heterocycles. The minimum Gasteiger partial charge on any atom is -0.507 e. The van der Waals surface area contributed by atoms with E-state index < -0.39 is 0 Å². The highest BCUT2D eigenvalue weighted by atomic mass is 35.5. The zero-order valence-electron chi connectivity index (χ0n) is 13.0. The van der Waals surface area contributed by atoms with Gasteiger partial charge in [-0.25, -0.2) is 9.97 Å². The molecule has 3 N–H and O–H groups in total. The van der Waals surface area contributed by atoms with Gasteiger partial charge in [0.1, 0.15) is 16.5 Å². The van der Waals surface area contributed by atoms with Crippen LogP contribution < -0.4 is 10.5 Å². The molecule has 25 heavy (non-hydrogen) atoms. The Balaban J connectivity index is 2.00. The molecule has 0 atom stereocenters. The number of rotatable bonds is 4. The first-order valence-electron chi connectivity index (χ1n) is 7.11. The van der Waals surface area contributed by atoms with Crippen molar-refractivity contribution >= 4 is 40.9 Å². The van der Waals surface area contributed by atoms with Gasteiger partial charge in [0.15, 0.2) is 0 Å². The molecule has 0 spiro atoms. The van der Waals surface area contributed by atoms with Crippen LogP contribution in [0.15, 0.2) is 52.4 Å². The Bertz CT molecular complexity index is 938. The van der Waals surface area contributed by atoms with Gasteiger partial charge in [0.25, 0.3) is 0 Å². The second-order valence-corrected chi connectivity index (χ2v) is 6.92. The van der Waals surface area contributed by atoms with E-state index in [1.165, 1.54) is 11.8 Å². The average Bonchev–Trinajstić information content (AvgIpc) is 2.56. The molecule has 0 radical (unpaired) electrons. The Hall–Kier alpha value is -2.15. The quantitative estimate of drug-likeness (QED) is 0.613. The number of aromatic nitrogens is 2. The maximum absolute atomic E-state index is 10.0. The number of benzene rings is 2. The summed E-state index contributed by atoms with van der Waals surface area (Å²) in [4.78, 5) is 9.03. The van der Waals surface area contributed by atoms with Gasteiger partial charge in [0, 0.05) is 10.6 Å². The molecule has 0 aliphatic rings. The number of halogens is 2. The van der Waals surface area contributed by atoms with E-state index in [0.717, 1.165) is 0 Å². The topological polar surface area (TPSA) is 81.3 Å². The molecular weight excluding hydrogens is 381 g/mol. The Morgan fingerprint density at radius 3 is 2.60 bits per heavy atom. The van der Waals surface area contributed by atoms with Gasteiger partial charge in [-0.15, -0.1) is 0 Å². The molecule has 0 saturated carbocycles. The Morgan fingerprint density at radius 1 is 1.08 bits per heavy atom. The Morgan fingerprint density at radius 2 is 1.88 bits per heavy atom. The van der Waals surface area contributed by atoms with E-state index in [2.05, 4.69) is 9.97 Å². The van der Waals surface area contributed by atoms with Gasteiger partial charge in [-0.1, -0.05) is 35.0 Å². The highest BCUT2D eigenvalue weighted by Crippen LogP contribution is 2.38. The zero-order chi connectivity index (χ0) is 18.0. The van der Waals surface area contributed by atoms with Gasteiger partial charge >= 0.3 is 0 Å². The number of hydrogen-bond acceptors (Lipinski definition) is 6. The zero-order valence-corrected chi connectivity index (χ0v) is 15.4. The lowest BCUT2D eigenvalue weighted by atomic mass is 10.1. The fourth-order valence-electron chi connectivity index (χ4n) is 2.15. The van der Waals surface area contributed by atoms with Crippen LogP contribution >= 0.6 is 35.0 Å². The molecule has 0 amide bonds. The normalized spacial score (nSPS) is 10.7. The summed E-state index contributed by atoms with van der Waals surface area (Å²) in [6.07, 6.45) is 0. The molecular formula is C17H13Cl2N3O2S. The number of nitrogens with zero attached hydrogens (tertiary/aromatic N) is 2. The van der Waals surface area contributed by atoms with Crippen LogP contribution in [0.4, 0.5) is 5.95 Å². The van der Waals surface area contributed by atoms with Crippen LogP contribution in [-0.4, -0.2) is 22.2 Å². The molecule has 0 fully saturated rings. The second kappa shape index (κ2) is 7.39. The van der Waals surface area contributed by atoms with Crippen LogP contribution in [0, 0.1) is 0 Å². The van der Waals surface area contributed by atoms with Crippen molar-refractivity contribution in [2.24, 2.45) is 0 Å². The standard InChI is InChI=1S/C17H13Cl2N3O2S/c1-24-10-3-5-14(23)15(7-10)25-16-8-13(21-17(20)22-16)11-4-2-9(18)6-12(11)19/h2-8,23H,1H3,(H2,20,21,22). The van der Waals surface area contributed by atoms with E-state index in [-0.39, 0.29) is 11.7 Å². The third-order valence-electron chi connectivity index (χ3n) is 3.31. The number of phenolic OH excluding ortho intramolecular Hbond substituents is 1. The number of hydrogen-bond donors (Lipinski definition) is 2. The lowest BCUT2D eigenvalue weighted by molar-refractivity contribution is 0.409. The number of nitrogens with two attached hydrogens (primary N) is 1. The van der Waals surface area contributed by atoms with E-state index in [1.807, 2.05) is 0 Å². The van der Waals surface area contributed by atoms with Crippen LogP contribution in [0.2, 0.25) is 10.0 Å². The molecule has 1 heterocycles. The summed E-state index contributed by atoms with van der Waals surface area (Å²) >= 11 is 13.4. The van der Waals surface area contributed by atoms with Crippen molar-refractivity contribution in [2.45, 2.75) is 9.92 Å². The van der Waals surface area contributed by atoms with Crippen LogP contribution in [0.1, 0.15) is 0 Å². The number of nitrogen functional groups attached to an aromatic ring is 1. The molecule has 0 unspecified atom stereocenters. The van der Waals surface area contributed by atoms with Gasteiger partial charge in [-0.2, -0.15) is 0 Å². The summed E-state index contributed by atoms with van der Waals surface area (Å²) in [6.45, 7) is 0. The van der Waals surface area contributed by atoms with Crippen molar-refractivity contribution in [1.82, 2.24) is 9.97 Å². The lowest BCUT2D eigenvalue weighted by Crippen LogP contribution is -1.98. The van der Waals surface area contributed by atoms with E-state index in [1.54, 1.807) is 49.6 Å². The molecule has 0 saturated heterocycles. The summed E-state index contributed by atoms with van der Waals surface area (Å²) < 4.78 is 5.18. The van der Waals surface area contributed by atoms with Gasteiger partial charge < -0.3 is 15.6 Å². The SMILES string of the molecule is COc1ccc(O)c(Sc2cc(-c3ccc(Cl)cc3Cl)nc(N)n2)c1. The minimum absolute atomic E-state index is 0.105. The van der Waals surface area contributed by atoms with E-state index in [4.69, 9.17) is 33.7 Å². The number of phenols is 1. The lowest BCUT2D eigenvalue weighted by Gasteiger charge is -2.09. The Kier molecular flexibility index (Phi) is 5.22. The van der Waals surface area contributed by atoms with Crippen molar-refractivity contribution < 1.29 is 9.84 Å². The summed E-state index contributed by atoms with van der Waals surface area (Å²) in [5.74, 6) is 0.853. The molecule has 0 aliphatic carbocycles.